The van der Waals surface area contributed by atoms with Gasteiger partial charge >= 0.3 is 0 Å². The Bertz CT molecular complexity index is 704. The van der Waals surface area contributed by atoms with Crippen molar-refractivity contribution in [3.05, 3.63) is 58.5 Å². The van der Waals surface area contributed by atoms with Crippen LogP contribution in [0.4, 0.5) is 0 Å². The van der Waals surface area contributed by atoms with E-state index in [0.717, 1.165) is 6.42 Å². The number of furan rings is 1. The second-order valence-corrected chi connectivity index (χ2v) is 6.18. The molecule has 4 nitrogen and oxygen atoms in total. The molecule has 0 unspecified atom stereocenters. The minimum atomic E-state index is -0.878. The van der Waals surface area contributed by atoms with Crippen LogP contribution in [0.2, 0.25) is 0 Å². The SMILES string of the molecule is Cc1cc(C(=O)NC[C@@]2(O)CCc3ccccc3C2)c(C)o1. The number of hydrogen-bond acceptors (Lipinski definition) is 3. The van der Waals surface area contributed by atoms with Crippen LogP contribution in [0.3, 0.4) is 0 Å². The number of carbonyl (C=O) groups is 1. The van der Waals surface area contributed by atoms with Crippen molar-refractivity contribution >= 4 is 5.91 Å². The molecule has 116 valence electrons. The van der Waals surface area contributed by atoms with Crippen molar-refractivity contribution in [1.82, 2.24) is 5.32 Å². The van der Waals surface area contributed by atoms with E-state index in [1.165, 1.54) is 11.1 Å². The van der Waals surface area contributed by atoms with Gasteiger partial charge in [-0.05, 0) is 43.9 Å². The zero-order chi connectivity index (χ0) is 15.7. The van der Waals surface area contributed by atoms with Gasteiger partial charge in [0.25, 0.3) is 5.91 Å². The summed E-state index contributed by atoms with van der Waals surface area (Å²) in [6.07, 6.45) is 2.08. The number of aliphatic hydroxyl groups is 1. The molecule has 0 spiro atoms. The van der Waals surface area contributed by atoms with E-state index in [1.54, 1.807) is 13.0 Å². The second kappa shape index (κ2) is 5.61. The first-order valence-electron chi connectivity index (χ1n) is 7.61. The topological polar surface area (TPSA) is 62.5 Å². The van der Waals surface area contributed by atoms with Crippen molar-refractivity contribution < 1.29 is 14.3 Å². The zero-order valence-electron chi connectivity index (χ0n) is 13.0. The van der Waals surface area contributed by atoms with Gasteiger partial charge in [0, 0.05) is 13.0 Å². The number of fused-ring (bicyclic) bond motifs is 1. The minimum absolute atomic E-state index is 0.193. The fraction of sp³-hybridized carbons (Fsp3) is 0.389. The molecule has 3 rings (SSSR count). The van der Waals surface area contributed by atoms with Gasteiger partial charge in [0.15, 0.2) is 0 Å². The summed E-state index contributed by atoms with van der Waals surface area (Å²) in [5, 5.41) is 13.6. The molecule has 0 aliphatic heterocycles. The van der Waals surface area contributed by atoms with E-state index in [1.807, 2.05) is 25.1 Å². The average Bonchev–Trinajstić information content (AvgIpc) is 2.83. The number of hydrogen-bond donors (Lipinski definition) is 2. The lowest BCUT2D eigenvalue weighted by atomic mass is 9.80. The predicted octanol–water partition coefficient (Wildman–Crippen LogP) is 2.55. The Kier molecular flexibility index (Phi) is 3.79. The Labute approximate surface area is 130 Å². The molecule has 1 atom stereocenters. The Hall–Kier alpha value is -2.07. The highest BCUT2D eigenvalue weighted by molar-refractivity contribution is 5.95. The van der Waals surface area contributed by atoms with Crippen LogP contribution in [0.5, 0.6) is 0 Å². The van der Waals surface area contributed by atoms with E-state index in [2.05, 4.69) is 11.4 Å². The van der Waals surface area contributed by atoms with Crippen molar-refractivity contribution in [3.8, 4) is 0 Å². The Morgan fingerprint density at radius 1 is 1.32 bits per heavy atom. The van der Waals surface area contributed by atoms with E-state index in [9.17, 15) is 9.90 Å². The van der Waals surface area contributed by atoms with Crippen molar-refractivity contribution in [3.63, 3.8) is 0 Å². The van der Waals surface area contributed by atoms with Crippen LogP contribution in [-0.4, -0.2) is 23.2 Å². The lowest BCUT2D eigenvalue weighted by molar-refractivity contribution is 0.0259. The summed E-state index contributed by atoms with van der Waals surface area (Å²) >= 11 is 0. The molecule has 0 radical (unpaired) electrons. The van der Waals surface area contributed by atoms with E-state index < -0.39 is 5.60 Å². The third-order valence-electron chi connectivity index (χ3n) is 4.36. The average molecular weight is 299 g/mol. The molecule has 0 bridgehead atoms. The summed E-state index contributed by atoms with van der Waals surface area (Å²) < 4.78 is 5.38. The molecule has 1 aromatic heterocycles. The standard InChI is InChI=1S/C18H21NO3/c1-12-9-16(13(2)22-12)17(20)19-11-18(21)8-7-14-5-3-4-6-15(14)10-18/h3-6,9,21H,7-8,10-11H2,1-2H3,(H,19,20)/t18-/m1/s1. The maximum atomic E-state index is 12.2. The number of amides is 1. The molecule has 1 heterocycles. The van der Waals surface area contributed by atoms with E-state index in [4.69, 9.17) is 4.42 Å². The van der Waals surface area contributed by atoms with Crippen LogP contribution < -0.4 is 5.32 Å². The summed E-state index contributed by atoms with van der Waals surface area (Å²) in [5.74, 6) is 1.13. The van der Waals surface area contributed by atoms with Gasteiger partial charge in [-0.1, -0.05) is 24.3 Å². The normalized spacial score (nSPS) is 20.5. The summed E-state index contributed by atoms with van der Waals surface area (Å²) in [6.45, 7) is 3.84. The first-order chi connectivity index (χ1) is 10.5. The molecule has 22 heavy (non-hydrogen) atoms. The molecule has 2 aromatic rings. The smallest absolute Gasteiger partial charge is 0.254 e. The molecule has 0 saturated carbocycles. The van der Waals surface area contributed by atoms with Gasteiger partial charge in [0.1, 0.15) is 11.5 Å². The third-order valence-corrected chi connectivity index (χ3v) is 4.36. The van der Waals surface area contributed by atoms with Gasteiger partial charge in [0.05, 0.1) is 11.2 Å². The zero-order valence-corrected chi connectivity index (χ0v) is 13.0. The van der Waals surface area contributed by atoms with Gasteiger partial charge in [0.2, 0.25) is 0 Å². The van der Waals surface area contributed by atoms with Crippen LogP contribution in [0.25, 0.3) is 0 Å². The van der Waals surface area contributed by atoms with Crippen LogP contribution in [0.15, 0.2) is 34.7 Å². The molecule has 1 aromatic carbocycles. The van der Waals surface area contributed by atoms with Crippen LogP contribution in [0.1, 0.15) is 39.4 Å². The van der Waals surface area contributed by atoms with E-state index in [-0.39, 0.29) is 12.5 Å². The highest BCUT2D eigenvalue weighted by atomic mass is 16.3. The summed E-state index contributed by atoms with van der Waals surface area (Å²) in [4.78, 5) is 12.2. The van der Waals surface area contributed by atoms with Crippen LogP contribution in [0, 0.1) is 13.8 Å². The highest BCUT2D eigenvalue weighted by Gasteiger charge is 2.32. The van der Waals surface area contributed by atoms with Crippen molar-refractivity contribution in [2.75, 3.05) is 6.54 Å². The van der Waals surface area contributed by atoms with Gasteiger partial charge in [-0.3, -0.25) is 4.79 Å². The number of aryl methyl sites for hydroxylation is 3. The first-order valence-corrected chi connectivity index (χ1v) is 7.61. The Morgan fingerprint density at radius 3 is 2.73 bits per heavy atom. The molecular formula is C18H21NO3. The summed E-state index contributed by atoms with van der Waals surface area (Å²) in [5.41, 5.74) is 2.12. The minimum Gasteiger partial charge on any atom is -0.466 e. The van der Waals surface area contributed by atoms with Gasteiger partial charge < -0.3 is 14.8 Å². The molecule has 0 fully saturated rings. The first kappa shape index (κ1) is 14.9. The Morgan fingerprint density at radius 2 is 2.05 bits per heavy atom. The Balaban J connectivity index is 1.66. The monoisotopic (exact) mass is 299 g/mol. The maximum absolute atomic E-state index is 12.2. The fourth-order valence-corrected chi connectivity index (χ4v) is 3.13. The predicted molar refractivity (Wildman–Crippen MR) is 83.9 cm³/mol. The maximum Gasteiger partial charge on any atom is 0.254 e. The number of nitrogens with one attached hydrogen (secondary N) is 1. The quantitative estimate of drug-likeness (QED) is 0.915. The van der Waals surface area contributed by atoms with Crippen LogP contribution >= 0.6 is 0 Å². The molecule has 4 heteroatoms. The fourth-order valence-electron chi connectivity index (χ4n) is 3.13. The lowest BCUT2D eigenvalue weighted by Crippen LogP contribution is -2.46. The van der Waals surface area contributed by atoms with Crippen LogP contribution in [-0.2, 0) is 12.8 Å². The van der Waals surface area contributed by atoms with Crippen molar-refractivity contribution in [2.45, 2.75) is 38.7 Å². The van der Waals surface area contributed by atoms with Crippen molar-refractivity contribution in [2.24, 2.45) is 0 Å². The molecule has 0 saturated heterocycles. The lowest BCUT2D eigenvalue weighted by Gasteiger charge is -2.33. The van der Waals surface area contributed by atoms with Gasteiger partial charge in [-0.15, -0.1) is 0 Å². The largest absolute Gasteiger partial charge is 0.466 e. The molecule has 1 amide bonds. The number of carbonyl (C=O) groups excluding carboxylic acids is 1. The molecule has 2 N–H and O–H groups in total. The molecular weight excluding hydrogens is 278 g/mol. The number of benzene rings is 1. The molecule has 1 aliphatic rings. The second-order valence-electron chi connectivity index (χ2n) is 6.18. The van der Waals surface area contributed by atoms with Crippen molar-refractivity contribution in [1.29, 1.82) is 0 Å². The number of rotatable bonds is 3. The van der Waals surface area contributed by atoms with E-state index >= 15 is 0 Å². The highest BCUT2D eigenvalue weighted by Crippen LogP contribution is 2.28. The summed E-state index contributed by atoms with van der Waals surface area (Å²) in [7, 11) is 0. The third kappa shape index (κ3) is 2.92. The van der Waals surface area contributed by atoms with Gasteiger partial charge in [-0.2, -0.15) is 0 Å². The molecule has 1 aliphatic carbocycles. The summed E-state index contributed by atoms with van der Waals surface area (Å²) in [6, 6.07) is 9.89. The van der Waals surface area contributed by atoms with Gasteiger partial charge in [-0.25, -0.2) is 0 Å². The van der Waals surface area contributed by atoms with E-state index in [0.29, 0.717) is 29.9 Å².